The van der Waals surface area contributed by atoms with Crippen molar-refractivity contribution < 1.29 is 103 Å². The van der Waals surface area contributed by atoms with Crippen LogP contribution in [0.5, 0.6) is 0 Å². The van der Waals surface area contributed by atoms with Gasteiger partial charge in [-0.15, -0.1) is 0 Å². The number of phosphoric ester groups is 3. The average Bonchev–Trinajstić information content (AvgIpc) is 4.40. The Labute approximate surface area is 461 Å². The molecule has 0 aliphatic carbocycles. The van der Waals surface area contributed by atoms with Crippen LogP contribution >= 0.6 is 65.1 Å². The lowest BCUT2D eigenvalue weighted by Crippen LogP contribution is -2.51. The number of hydrogen-bond donors (Lipinski definition) is 10. The molecular weight excluding hydrogens is 1280 g/mol. The first kappa shape index (κ1) is 58.5. The molecule has 10 heterocycles. The van der Waals surface area contributed by atoms with Gasteiger partial charge in [-0.1, -0.05) is 34.8 Å². The molecule has 0 spiro atoms. The summed E-state index contributed by atoms with van der Waals surface area (Å²) < 4.78 is 126. The molecule has 37 nitrogen and oxygen atoms in total. The second-order valence-electron chi connectivity index (χ2n) is 17.6. The summed E-state index contributed by atoms with van der Waals surface area (Å²) in [4.78, 5) is 80.6. The lowest BCUT2D eigenvalue weighted by Gasteiger charge is -2.38. The number of aliphatic hydroxyl groups excluding tert-OH is 2. The normalized spacial score (nSPS) is 31.3. The number of thiol groups is 1. The molecule has 6 aromatic rings. The Morgan fingerprint density at radius 3 is 1.72 bits per heavy atom. The maximum absolute atomic E-state index is 14.3. The summed E-state index contributed by atoms with van der Waals surface area (Å²) in [6.45, 7) is -8.27. The highest BCUT2D eigenvalue weighted by Crippen LogP contribution is 2.58. The van der Waals surface area contributed by atoms with E-state index in [2.05, 4.69) is 57.1 Å². The van der Waals surface area contributed by atoms with Gasteiger partial charge in [0.05, 0.1) is 56.6 Å². The second-order valence-corrected chi connectivity index (χ2v) is 25.2. The molecular formula is C36H48IN15O22P4S. The quantitative estimate of drug-likeness (QED) is 0.0177. The number of hydrogen-bond acceptors (Lipinski definition) is 30. The molecule has 6 aromatic heterocycles. The van der Waals surface area contributed by atoms with E-state index in [1.54, 1.807) is 0 Å². The Morgan fingerprint density at radius 2 is 1.16 bits per heavy atom. The molecule has 0 radical (unpaired) electrons. The maximum atomic E-state index is 14.3. The van der Waals surface area contributed by atoms with Gasteiger partial charge in [0.15, 0.2) is 53.1 Å². The molecule has 43 heteroatoms. The lowest BCUT2D eigenvalue weighted by molar-refractivity contribution is -0.165. The van der Waals surface area contributed by atoms with Gasteiger partial charge in [0.2, 0.25) is 0 Å². The smallest absolute Gasteiger partial charge is 0.394 e. The van der Waals surface area contributed by atoms with E-state index in [0.717, 1.165) is 25.3 Å². The molecule has 4 aliphatic heterocycles. The molecule has 16 atom stereocenters. The van der Waals surface area contributed by atoms with Gasteiger partial charge in [0.1, 0.15) is 90.0 Å². The number of rotatable bonds is 23. The van der Waals surface area contributed by atoms with Crippen molar-refractivity contribution in [2.75, 3.05) is 61.5 Å². The number of nitrogens with two attached hydrogens (primary N) is 3. The topological polar surface area (TPSA) is 509 Å². The largest absolute Gasteiger partial charge is 0.472 e. The summed E-state index contributed by atoms with van der Waals surface area (Å²) in [5, 5.41) is 21.0. The molecule has 10 unspecified atom stereocenters. The summed E-state index contributed by atoms with van der Waals surface area (Å²) in [5.41, 5.74) is 16.8. The van der Waals surface area contributed by atoms with Crippen molar-refractivity contribution >= 4 is 116 Å². The van der Waals surface area contributed by atoms with Crippen LogP contribution in [0, 0.1) is 0 Å². The Morgan fingerprint density at radius 1 is 0.658 bits per heavy atom. The summed E-state index contributed by atoms with van der Waals surface area (Å²) in [5.74, 6) is -0.125. The van der Waals surface area contributed by atoms with E-state index in [9.17, 15) is 42.9 Å². The van der Waals surface area contributed by atoms with E-state index in [-0.39, 0.29) is 75.0 Å². The van der Waals surface area contributed by atoms with Gasteiger partial charge < -0.3 is 70.7 Å². The van der Waals surface area contributed by atoms with Crippen LogP contribution in [0.25, 0.3) is 33.5 Å². The fraction of sp³-hybridized carbons (Fsp3) is 0.583. The van der Waals surface area contributed by atoms with Crippen molar-refractivity contribution in [1.82, 2.24) is 58.6 Å². The molecule has 0 bridgehead atoms. The van der Waals surface area contributed by atoms with Crippen LogP contribution in [-0.4, -0.2) is 187 Å². The molecule has 4 saturated heterocycles. The van der Waals surface area contributed by atoms with Gasteiger partial charge in [0, 0.05) is 6.61 Å². The van der Waals surface area contributed by atoms with Gasteiger partial charge in [-0.25, -0.2) is 63.1 Å². The van der Waals surface area contributed by atoms with Gasteiger partial charge in [-0.05, 0) is 12.8 Å². The number of aromatic nitrogens is 12. The van der Waals surface area contributed by atoms with E-state index in [1.807, 2.05) is 22.6 Å². The number of halogens is 1. The van der Waals surface area contributed by atoms with Gasteiger partial charge >= 0.3 is 30.3 Å². The zero-order valence-corrected chi connectivity index (χ0v) is 46.7. The molecule has 4 fully saturated rings. The number of aliphatic hydroxyl groups is 2. The van der Waals surface area contributed by atoms with Crippen LogP contribution in [0.1, 0.15) is 31.5 Å². The fourth-order valence-electron chi connectivity index (χ4n) is 9.43. The summed E-state index contributed by atoms with van der Waals surface area (Å²) in [6.07, 6.45) is -10.0. The van der Waals surface area contributed by atoms with Crippen molar-refractivity contribution in [2.24, 2.45) is 0 Å². The molecule has 0 amide bonds. The molecule has 0 saturated carbocycles. The third-order valence-electron chi connectivity index (χ3n) is 12.7. The molecule has 4 aliphatic rings. The third kappa shape index (κ3) is 12.2. The number of fused-ring (bicyclic) bond motifs is 4. The third-order valence-corrected chi connectivity index (χ3v) is 16.8. The van der Waals surface area contributed by atoms with E-state index < -0.39 is 136 Å². The van der Waals surface area contributed by atoms with Crippen molar-refractivity contribution in [3.05, 3.63) is 38.0 Å². The maximum Gasteiger partial charge on any atom is 0.472 e. The number of imidazole rings is 3. The van der Waals surface area contributed by atoms with Gasteiger partial charge in [-0.3, -0.25) is 45.4 Å². The first-order chi connectivity index (χ1) is 37.5. The van der Waals surface area contributed by atoms with E-state index in [0.29, 0.717) is 0 Å². The van der Waals surface area contributed by atoms with Crippen molar-refractivity contribution in [1.29, 1.82) is 0 Å². The van der Waals surface area contributed by atoms with Crippen molar-refractivity contribution in [3.63, 3.8) is 0 Å². The van der Waals surface area contributed by atoms with E-state index in [1.165, 1.54) is 26.4 Å². The summed E-state index contributed by atoms with van der Waals surface area (Å²) >= 11 is 5.54. The average molecular weight is 1330 g/mol. The van der Waals surface area contributed by atoms with Crippen LogP contribution in [0.2, 0.25) is 0 Å². The SMILES string of the molecule is Nc1ncnc2c1ncn2[C@@H]1O[C@H](COP(=O)(O)OC2C(OCI)[C@@H](COP(=O)(O)OCCO)O[C@H]2n2cnc3c(N)ncnc32)C(O)C1OP(=O)(O)OC[C@]12CCCOC1C(OP(=O)(O)S)[C@H](n1cnc3c(N)ncnc31)O2. The number of nitrogen functional groups attached to an aromatic ring is 3. The first-order valence-corrected chi connectivity index (χ1v) is 31.8. The highest BCUT2D eigenvalue weighted by atomic mass is 127. The van der Waals surface area contributed by atoms with Crippen LogP contribution in [0.15, 0.2) is 38.0 Å². The van der Waals surface area contributed by atoms with Gasteiger partial charge in [-0.2, -0.15) is 0 Å². The van der Waals surface area contributed by atoms with Crippen LogP contribution in [0.4, 0.5) is 17.5 Å². The number of anilines is 3. The lowest BCUT2D eigenvalue weighted by atomic mass is 9.89. The standard InChI is InChI=1S/C36H48IN15O22P4S/c37-9-64-22-17(7-66-75(55,56)65-5-3-53)70-34(51-14-48-19-28(39)42-11-45-31(19)51)24(22)73-76(57,58)67-6-16-21(54)23(33(69-16)50-13-47-18-27(38)41-10-44-30(18)50)72-77(59,60)68-8-36-2-1-4-63-26(36)25(74-78(61,62)79)35(71-36)52-15-49-20-29(40)43-12-46-32(20)52/h10-17,21-26,33-35,53-54H,1-9H2,(H,55,56)(H,57,58)(H,59,60)(H2,38,41,44)(H2,39,42,45)(H2,40,43,46)(H2,61,62,79)/t16-,17-,21?,22?,23?,24?,25?,26?,33-,34-,35-,36-/m1/s1. The number of nitrogens with zero attached hydrogens (tertiary/aromatic N) is 12. The fourth-order valence-corrected chi connectivity index (χ4v) is 13.3. The highest BCUT2D eigenvalue weighted by molar-refractivity contribution is 14.1. The Bertz CT molecular complexity index is 3390. The molecule has 0 aromatic carbocycles. The van der Waals surface area contributed by atoms with Crippen LogP contribution in [-0.2, 0) is 73.6 Å². The predicted octanol–water partition coefficient (Wildman–Crippen LogP) is 0.178. The Hall–Kier alpha value is -3.67. The van der Waals surface area contributed by atoms with Crippen LogP contribution in [0.3, 0.4) is 0 Å². The second kappa shape index (κ2) is 23.2. The van der Waals surface area contributed by atoms with E-state index >= 15 is 0 Å². The Kier molecular flexibility index (Phi) is 17.2. The van der Waals surface area contributed by atoms with Crippen LogP contribution < -0.4 is 17.2 Å². The molecule has 12 N–H and O–H groups in total. The molecule has 10 rings (SSSR count). The highest BCUT2D eigenvalue weighted by Gasteiger charge is 2.61. The molecule has 432 valence electrons. The zero-order valence-electron chi connectivity index (χ0n) is 40.1. The number of ether oxygens (including phenoxy) is 5. The predicted molar refractivity (Wildman–Crippen MR) is 272 cm³/mol. The zero-order chi connectivity index (χ0) is 56.2. The number of phosphoric acid groups is 3. The minimum atomic E-state index is -5.46. The van der Waals surface area contributed by atoms with Crippen molar-refractivity contribution in [2.45, 2.75) is 86.0 Å². The van der Waals surface area contributed by atoms with Gasteiger partial charge in [0.25, 0.3) is 0 Å². The molecule has 79 heavy (non-hydrogen) atoms. The van der Waals surface area contributed by atoms with Crippen molar-refractivity contribution in [3.8, 4) is 0 Å². The number of alkyl halides is 1. The summed E-state index contributed by atoms with van der Waals surface area (Å²) in [6, 6.07) is 0. The monoisotopic (exact) mass is 1330 g/mol. The first-order valence-electron chi connectivity index (χ1n) is 23.0. The summed E-state index contributed by atoms with van der Waals surface area (Å²) in [7, 11) is -15.7. The minimum Gasteiger partial charge on any atom is -0.394 e. The Balaban J connectivity index is 0.900. The van der Waals surface area contributed by atoms with E-state index in [4.69, 9.17) is 77.7 Å². The minimum absolute atomic E-state index is 0.00390.